The van der Waals surface area contributed by atoms with E-state index in [1.54, 1.807) is 0 Å². The van der Waals surface area contributed by atoms with Crippen molar-refractivity contribution in [2.45, 2.75) is 39.2 Å². The molecule has 0 amide bonds. The minimum absolute atomic E-state index is 0.167. The van der Waals surface area contributed by atoms with Gasteiger partial charge in [-0.25, -0.2) is 0 Å². The fourth-order valence-electron chi connectivity index (χ4n) is 0.633. The van der Waals surface area contributed by atoms with Crippen LogP contribution in [0.25, 0.3) is 0 Å². The monoisotopic (exact) mass is 149 g/mol. The molecular weight excluding hydrogens is 135 g/mol. The Morgan fingerprint density at radius 1 is 1.67 bits per heavy atom. The molecule has 0 radical (unpaired) electrons. The van der Waals surface area contributed by atoms with E-state index in [-0.39, 0.29) is 6.10 Å². The Hall–Kier alpha value is 0.0600. The molecule has 0 aromatic heterocycles. The molecule has 0 aromatic carbocycles. The van der Waals surface area contributed by atoms with Gasteiger partial charge >= 0.3 is 8.69 Å². The van der Waals surface area contributed by atoms with Crippen LogP contribution in [0.2, 0.25) is 0 Å². The molecule has 0 rings (SSSR count). The maximum atomic E-state index is 9.91. The van der Waals surface area contributed by atoms with Gasteiger partial charge in [-0.3, -0.25) is 0 Å². The van der Waals surface area contributed by atoms with Gasteiger partial charge in [0.15, 0.2) is 0 Å². The van der Waals surface area contributed by atoms with Crippen molar-refractivity contribution in [3.05, 3.63) is 0 Å². The highest BCUT2D eigenvalue weighted by Crippen LogP contribution is 2.08. The van der Waals surface area contributed by atoms with Crippen molar-refractivity contribution in [3.8, 4) is 0 Å². The Kier molecular flexibility index (Phi) is 6.23. The van der Waals surface area contributed by atoms with E-state index in [0.717, 1.165) is 12.8 Å². The van der Waals surface area contributed by atoms with Crippen LogP contribution in [0.4, 0.5) is 0 Å². The predicted molar refractivity (Wildman–Crippen MR) is 39.1 cm³/mol. The maximum Gasteiger partial charge on any atom is 0.494 e. The maximum absolute atomic E-state index is 9.91. The molecule has 0 N–H and O–H groups in total. The van der Waals surface area contributed by atoms with Gasteiger partial charge in [0.2, 0.25) is 0 Å². The topological polar surface area (TPSA) is 26.3 Å². The number of rotatable bonds is 5. The van der Waals surface area contributed by atoms with Crippen molar-refractivity contribution in [1.82, 2.24) is 0 Å². The van der Waals surface area contributed by atoms with Crippen molar-refractivity contribution < 1.29 is 9.09 Å². The second-order valence-corrected chi connectivity index (χ2v) is 2.56. The van der Waals surface area contributed by atoms with Crippen LogP contribution in [0.3, 0.4) is 0 Å². The molecule has 2 nitrogen and oxygen atoms in total. The first-order chi connectivity index (χ1) is 4.31. The third kappa shape index (κ3) is 5.94. The highest BCUT2D eigenvalue weighted by atomic mass is 31.1. The van der Waals surface area contributed by atoms with E-state index >= 15 is 0 Å². The van der Waals surface area contributed by atoms with Crippen molar-refractivity contribution in [2.75, 3.05) is 0 Å². The molecule has 0 saturated heterocycles. The van der Waals surface area contributed by atoms with E-state index in [0.29, 0.717) is 0 Å². The van der Waals surface area contributed by atoms with Gasteiger partial charge in [0.05, 0.1) is 0 Å². The Labute approximate surface area is 57.9 Å². The molecule has 0 aliphatic carbocycles. The largest absolute Gasteiger partial charge is 0.494 e. The molecule has 0 saturated carbocycles. The lowest BCUT2D eigenvalue weighted by molar-refractivity contribution is 0.229. The summed E-state index contributed by atoms with van der Waals surface area (Å²) in [7, 11) is -0.601. The third-order valence-corrected chi connectivity index (χ3v) is 1.71. The molecule has 2 atom stereocenters. The van der Waals surface area contributed by atoms with E-state index in [1.807, 2.05) is 6.92 Å². The molecule has 0 fully saturated rings. The summed E-state index contributed by atoms with van der Waals surface area (Å²) in [5.41, 5.74) is 0. The quantitative estimate of drug-likeness (QED) is 0.561. The van der Waals surface area contributed by atoms with E-state index in [4.69, 9.17) is 4.52 Å². The van der Waals surface area contributed by atoms with Gasteiger partial charge in [0.1, 0.15) is 6.10 Å². The molecule has 0 spiro atoms. The molecule has 0 aliphatic rings. The zero-order valence-corrected chi connectivity index (χ0v) is 7.02. The van der Waals surface area contributed by atoms with Gasteiger partial charge in [-0.2, -0.15) is 0 Å². The van der Waals surface area contributed by atoms with Crippen molar-refractivity contribution in [3.63, 3.8) is 0 Å². The first kappa shape index (κ1) is 9.06. The molecular formula is C6H14O2P+. The molecule has 3 heteroatoms. The van der Waals surface area contributed by atoms with Crippen LogP contribution >= 0.6 is 8.69 Å². The minimum Gasteiger partial charge on any atom is -0.145 e. The Balaban J connectivity index is 3.04. The number of unbranched alkanes of at least 4 members (excludes halogenated alkanes) is 1. The molecule has 9 heavy (non-hydrogen) atoms. The summed E-state index contributed by atoms with van der Waals surface area (Å²) in [5.74, 6) is 0. The van der Waals surface area contributed by atoms with Crippen LogP contribution < -0.4 is 0 Å². The second-order valence-electron chi connectivity index (χ2n) is 2.15. The SMILES string of the molecule is CCCCC(C)O[PH+]=O. The van der Waals surface area contributed by atoms with Gasteiger partial charge in [-0.1, -0.05) is 19.8 Å². The van der Waals surface area contributed by atoms with Crippen molar-refractivity contribution in [1.29, 1.82) is 0 Å². The molecule has 0 heterocycles. The summed E-state index contributed by atoms with van der Waals surface area (Å²) >= 11 is 0. The van der Waals surface area contributed by atoms with Crippen molar-refractivity contribution in [2.24, 2.45) is 0 Å². The first-order valence-electron chi connectivity index (χ1n) is 3.34. The summed E-state index contributed by atoms with van der Waals surface area (Å²) in [6.45, 7) is 4.08. The zero-order valence-electron chi connectivity index (χ0n) is 6.02. The number of hydrogen-bond donors (Lipinski definition) is 0. The summed E-state index contributed by atoms with van der Waals surface area (Å²) < 4.78 is 14.7. The Morgan fingerprint density at radius 3 is 2.78 bits per heavy atom. The molecule has 0 aliphatic heterocycles. The first-order valence-corrected chi connectivity index (χ1v) is 4.15. The molecule has 2 unspecified atom stereocenters. The van der Waals surface area contributed by atoms with E-state index in [1.165, 1.54) is 6.42 Å². The normalized spacial score (nSPS) is 14.0. The lowest BCUT2D eigenvalue weighted by atomic mass is 10.2. The molecule has 0 bridgehead atoms. The van der Waals surface area contributed by atoms with Gasteiger partial charge in [-0.05, 0) is 17.9 Å². The van der Waals surface area contributed by atoms with Crippen LogP contribution in [0.15, 0.2) is 0 Å². The number of hydrogen-bond acceptors (Lipinski definition) is 2. The van der Waals surface area contributed by atoms with Crippen LogP contribution in [0.5, 0.6) is 0 Å². The fraction of sp³-hybridized carbons (Fsp3) is 1.00. The van der Waals surface area contributed by atoms with Crippen LogP contribution in [0.1, 0.15) is 33.1 Å². The minimum atomic E-state index is -0.601. The van der Waals surface area contributed by atoms with E-state index in [9.17, 15) is 4.57 Å². The van der Waals surface area contributed by atoms with Crippen LogP contribution in [-0.4, -0.2) is 6.10 Å². The van der Waals surface area contributed by atoms with Gasteiger partial charge in [0.25, 0.3) is 0 Å². The lowest BCUT2D eigenvalue weighted by Gasteiger charge is -1.99. The third-order valence-electron chi connectivity index (χ3n) is 1.21. The van der Waals surface area contributed by atoms with Gasteiger partial charge in [-0.15, -0.1) is 4.52 Å². The summed E-state index contributed by atoms with van der Waals surface area (Å²) in [5, 5.41) is 0. The van der Waals surface area contributed by atoms with Crippen LogP contribution in [0, 0.1) is 0 Å². The van der Waals surface area contributed by atoms with E-state index in [2.05, 4.69) is 6.92 Å². The van der Waals surface area contributed by atoms with Crippen LogP contribution in [-0.2, 0) is 9.09 Å². The average Bonchev–Trinajstić information content (AvgIpc) is 1.85. The zero-order chi connectivity index (χ0) is 7.11. The highest BCUT2D eigenvalue weighted by molar-refractivity contribution is 7.17. The smallest absolute Gasteiger partial charge is 0.145 e. The van der Waals surface area contributed by atoms with Gasteiger partial charge < -0.3 is 0 Å². The summed E-state index contributed by atoms with van der Waals surface area (Å²) in [6.07, 6.45) is 3.52. The molecule has 54 valence electrons. The Bertz CT molecular complexity index is 75.5. The highest BCUT2D eigenvalue weighted by Gasteiger charge is 2.04. The van der Waals surface area contributed by atoms with Gasteiger partial charge in [0, 0.05) is 0 Å². The lowest BCUT2D eigenvalue weighted by Crippen LogP contribution is -1.99. The average molecular weight is 149 g/mol. The summed E-state index contributed by atoms with van der Waals surface area (Å²) in [4.78, 5) is 0. The van der Waals surface area contributed by atoms with Crippen molar-refractivity contribution >= 4 is 8.69 Å². The fourth-order valence-corrected chi connectivity index (χ4v) is 0.915. The predicted octanol–water partition coefficient (Wildman–Crippen LogP) is 2.52. The van der Waals surface area contributed by atoms with E-state index < -0.39 is 8.69 Å². The standard InChI is InChI=1S/C6H14O2P/c1-3-4-5-6(2)8-9-7/h6,9H,3-5H2,1-2H3/q+1. The summed E-state index contributed by atoms with van der Waals surface area (Å²) in [6, 6.07) is 0. The second kappa shape index (κ2) is 6.18. The Morgan fingerprint density at radius 2 is 2.33 bits per heavy atom. The molecule has 0 aromatic rings.